The number of rotatable bonds is 3. The van der Waals surface area contributed by atoms with Gasteiger partial charge in [0.2, 0.25) is 5.92 Å². The fourth-order valence-corrected chi connectivity index (χ4v) is 5.54. The lowest BCUT2D eigenvalue weighted by atomic mass is 9.64. The number of hydrogen-bond acceptors (Lipinski definition) is 3. The van der Waals surface area contributed by atoms with Crippen LogP contribution in [0.3, 0.4) is 0 Å². The van der Waals surface area contributed by atoms with Gasteiger partial charge in [0.25, 0.3) is 5.91 Å². The van der Waals surface area contributed by atoms with Gasteiger partial charge in [-0.05, 0) is 36.7 Å². The molecule has 1 amide bonds. The molecule has 0 radical (unpaired) electrons. The lowest BCUT2D eigenvalue weighted by Crippen LogP contribution is -2.37. The maximum absolute atomic E-state index is 14.4. The summed E-state index contributed by atoms with van der Waals surface area (Å²) in [5.41, 5.74) is 5.80. The van der Waals surface area contributed by atoms with E-state index in [0.717, 1.165) is 19.3 Å². The molecule has 0 spiro atoms. The first kappa shape index (κ1) is 20.0. The Morgan fingerprint density at radius 2 is 2.10 bits per heavy atom. The zero-order chi connectivity index (χ0) is 20.8. The molecule has 2 heterocycles. The van der Waals surface area contributed by atoms with Crippen LogP contribution in [0.25, 0.3) is 10.9 Å². The number of pyridine rings is 2. The minimum atomic E-state index is -2.73. The smallest absolute Gasteiger partial charge is 0.268 e. The number of hydrogen-bond donors (Lipinski definition) is 2. The number of carbonyl (C=O) groups is 1. The molecule has 2 aliphatic rings. The second-order valence-electron chi connectivity index (χ2n) is 8.94. The van der Waals surface area contributed by atoms with Crippen molar-refractivity contribution in [3.63, 3.8) is 0 Å². The fraction of sp³-hybridized carbons (Fsp3) is 0.591. The average molecular weight is 403 g/mol. The highest BCUT2D eigenvalue weighted by Crippen LogP contribution is 2.50. The first-order valence-corrected chi connectivity index (χ1v) is 10.4. The maximum atomic E-state index is 14.4. The van der Waals surface area contributed by atoms with E-state index in [1.54, 1.807) is 6.07 Å². The molecule has 4 atom stereocenters. The van der Waals surface area contributed by atoms with Crippen LogP contribution in [-0.2, 0) is 0 Å². The summed E-state index contributed by atoms with van der Waals surface area (Å²) < 4.78 is 28.8. The first-order valence-electron chi connectivity index (χ1n) is 10.4. The number of aromatic nitrogens is 2. The van der Waals surface area contributed by atoms with Gasteiger partial charge in [0.15, 0.2) is 5.43 Å². The van der Waals surface area contributed by atoms with Gasteiger partial charge in [-0.3, -0.25) is 14.6 Å². The molecule has 0 bridgehead atoms. The second kappa shape index (κ2) is 7.50. The summed E-state index contributed by atoms with van der Waals surface area (Å²) >= 11 is 0. The van der Waals surface area contributed by atoms with Crippen molar-refractivity contribution in [1.82, 2.24) is 9.97 Å². The number of aromatic amines is 1. The number of fused-ring (bicyclic) bond motifs is 1. The summed E-state index contributed by atoms with van der Waals surface area (Å²) in [6, 6.07) is 2.97. The molecule has 2 aromatic heterocycles. The molecule has 0 aromatic carbocycles. The molecule has 2 saturated carbocycles. The predicted molar refractivity (Wildman–Crippen MR) is 107 cm³/mol. The van der Waals surface area contributed by atoms with E-state index in [1.807, 2.05) is 0 Å². The van der Waals surface area contributed by atoms with Crippen LogP contribution in [0, 0.1) is 17.8 Å². The number of nitrogens with two attached hydrogens (primary N) is 1. The van der Waals surface area contributed by atoms with E-state index in [0.29, 0.717) is 29.5 Å². The first-order chi connectivity index (χ1) is 13.7. The van der Waals surface area contributed by atoms with Crippen molar-refractivity contribution in [2.75, 3.05) is 0 Å². The molecular weight excluding hydrogens is 376 g/mol. The Hall–Kier alpha value is -2.31. The minimum absolute atomic E-state index is 0.0907. The Bertz CT molecular complexity index is 988. The van der Waals surface area contributed by atoms with Crippen LogP contribution in [-0.4, -0.2) is 21.8 Å². The van der Waals surface area contributed by atoms with Gasteiger partial charge >= 0.3 is 0 Å². The summed E-state index contributed by atoms with van der Waals surface area (Å²) in [7, 11) is 0. The van der Waals surface area contributed by atoms with E-state index < -0.39 is 23.2 Å². The Kier molecular flexibility index (Phi) is 5.17. The largest absolute Gasteiger partial charge is 0.364 e. The summed E-state index contributed by atoms with van der Waals surface area (Å²) in [5, 5.41) is 0.120. The number of carbonyl (C=O) groups excluding carboxylic acids is 1. The number of nitrogens with zero attached hydrogens (tertiary/aromatic N) is 1. The molecule has 2 fully saturated rings. The summed E-state index contributed by atoms with van der Waals surface area (Å²) in [6.07, 6.45) is 5.97. The van der Waals surface area contributed by atoms with Crippen LogP contribution < -0.4 is 11.2 Å². The zero-order valence-electron chi connectivity index (χ0n) is 16.6. The molecule has 0 aliphatic heterocycles. The van der Waals surface area contributed by atoms with Gasteiger partial charge < -0.3 is 10.7 Å². The van der Waals surface area contributed by atoms with Crippen molar-refractivity contribution in [2.45, 2.75) is 63.7 Å². The van der Waals surface area contributed by atoms with E-state index in [9.17, 15) is 18.4 Å². The highest BCUT2D eigenvalue weighted by atomic mass is 19.3. The Balaban J connectivity index is 1.77. The Labute approximate surface area is 168 Å². The molecule has 4 rings (SSSR count). The van der Waals surface area contributed by atoms with Crippen molar-refractivity contribution in [2.24, 2.45) is 23.5 Å². The SMILES string of the molecule is CC1CCCC(C2CCC(F)(F)CC2c2cc(=O)c3c(C(N)=O)nccc3[nH]2)C1. The van der Waals surface area contributed by atoms with Crippen LogP contribution in [0.2, 0.25) is 0 Å². The monoisotopic (exact) mass is 403 g/mol. The number of alkyl halides is 2. The van der Waals surface area contributed by atoms with E-state index in [2.05, 4.69) is 16.9 Å². The van der Waals surface area contributed by atoms with Gasteiger partial charge in [0.1, 0.15) is 5.69 Å². The van der Waals surface area contributed by atoms with Crippen LogP contribution in [0.1, 0.15) is 74.0 Å². The van der Waals surface area contributed by atoms with Gasteiger partial charge in [0, 0.05) is 36.7 Å². The van der Waals surface area contributed by atoms with E-state index >= 15 is 0 Å². The van der Waals surface area contributed by atoms with Crippen molar-refractivity contribution in [3.8, 4) is 0 Å². The van der Waals surface area contributed by atoms with E-state index in [-0.39, 0.29) is 29.8 Å². The number of nitrogens with one attached hydrogen (secondary N) is 1. The predicted octanol–water partition coefficient (Wildman–Crippen LogP) is 4.37. The van der Waals surface area contributed by atoms with Crippen molar-refractivity contribution >= 4 is 16.8 Å². The molecule has 4 unspecified atom stereocenters. The van der Waals surface area contributed by atoms with Gasteiger partial charge in [-0.1, -0.05) is 26.2 Å². The van der Waals surface area contributed by atoms with Crippen LogP contribution >= 0.6 is 0 Å². The Morgan fingerprint density at radius 1 is 1.31 bits per heavy atom. The fourth-order valence-electron chi connectivity index (χ4n) is 5.54. The zero-order valence-corrected chi connectivity index (χ0v) is 16.6. The standard InChI is InChI=1S/C22H27F2N3O2/c1-12-3-2-4-13(9-12)14-5-7-22(23,24)11-15(14)17-10-18(28)19-16(27-17)6-8-26-20(19)21(25)29/h6,8,10,12-15H,2-5,7,9,11H2,1H3,(H2,25,29)(H,27,28). The third kappa shape index (κ3) is 3.91. The van der Waals surface area contributed by atoms with E-state index in [1.165, 1.54) is 18.7 Å². The van der Waals surface area contributed by atoms with Crippen molar-refractivity contribution in [3.05, 3.63) is 39.9 Å². The quantitative estimate of drug-likeness (QED) is 0.798. The van der Waals surface area contributed by atoms with Gasteiger partial charge in [-0.25, -0.2) is 8.78 Å². The molecule has 3 N–H and O–H groups in total. The lowest BCUT2D eigenvalue weighted by molar-refractivity contribution is -0.0660. The molecule has 7 heteroatoms. The number of primary amides is 1. The highest BCUT2D eigenvalue weighted by molar-refractivity contribution is 6.03. The van der Waals surface area contributed by atoms with Crippen LogP contribution in [0.5, 0.6) is 0 Å². The third-order valence-electron chi connectivity index (χ3n) is 6.86. The van der Waals surface area contributed by atoms with E-state index in [4.69, 9.17) is 5.73 Å². The Morgan fingerprint density at radius 3 is 2.83 bits per heavy atom. The van der Waals surface area contributed by atoms with Crippen molar-refractivity contribution in [1.29, 1.82) is 0 Å². The highest BCUT2D eigenvalue weighted by Gasteiger charge is 2.45. The van der Waals surface area contributed by atoms with Gasteiger partial charge in [-0.15, -0.1) is 0 Å². The molecular formula is C22H27F2N3O2. The second-order valence-corrected chi connectivity index (χ2v) is 8.94. The summed E-state index contributed by atoms with van der Waals surface area (Å²) in [6.45, 7) is 2.23. The summed E-state index contributed by atoms with van der Waals surface area (Å²) in [4.78, 5) is 31.5. The third-order valence-corrected chi connectivity index (χ3v) is 6.86. The summed E-state index contributed by atoms with van der Waals surface area (Å²) in [5.74, 6) is -2.79. The molecule has 2 aliphatic carbocycles. The molecule has 2 aromatic rings. The molecule has 29 heavy (non-hydrogen) atoms. The van der Waals surface area contributed by atoms with Gasteiger partial charge in [-0.2, -0.15) is 0 Å². The molecule has 156 valence electrons. The van der Waals surface area contributed by atoms with Gasteiger partial charge in [0.05, 0.1) is 10.9 Å². The number of halogens is 2. The molecule has 0 saturated heterocycles. The number of H-pyrrole nitrogens is 1. The van der Waals surface area contributed by atoms with Crippen LogP contribution in [0.15, 0.2) is 23.1 Å². The number of amides is 1. The minimum Gasteiger partial charge on any atom is -0.364 e. The van der Waals surface area contributed by atoms with Crippen molar-refractivity contribution < 1.29 is 13.6 Å². The maximum Gasteiger partial charge on any atom is 0.268 e. The lowest BCUT2D eigenvalue weighted by Gasteiger charge is -2.42. The molecule has 5 nitrogen and oxygen atoms in total. The topological polar surface area (TPSA) is 88.8 Å². The normalized spacial score (nSPS) is 29.6. The average Bonchev–Trinajstić information content (AvgIpc) is 2.66. The van der Waals surface area contributed by atoms with Crippen LogP contribution in [0.4, 0.5) is 8.78 Å².